The van der Waals surface area contributed by atoms with Crippen LogP contribution in [-0.4, -0.2) is 5.71 Å². The predicted octanol–water partition coefficient (Wildman–Crippen LogP) is 4.05. The van der Waals surface area contributed by atoms with Crippen LogP contribution in [0.3, 0.4) is 0 Å². The maximum absolute atomic E-state index is 4.59. The average molecular weight is 181 g/mol. The Balaban J connectivity index is 5.01. The summed E-state index contributed by atoms with van der Waals surface area (Å²) >= 11 is 0. The Morgan fingerprint density at radius 1 is 0.846 bits per heavy atom. The lowest BCUT2D eigenvalue weighted by molar-refractivity contribution is 0.683. The minimum atomic E-state index is 0.525. The van der Waals surface area contributed by atoms with Gasteiger partial charge in [-0.15, -0.1) is 0 Å². The summed E-state index contributed by atoms with van der Waals surface area (Å²) < 4.78 is 0. The maximum atomic E-state index is 4.59. The van der Waals surface area contributed by atoms with E-state index < -0.39 is 0 Å². The first kappa shape index (κ1) is 12.4. The molecule has 0 saturated heterocycles. The second-order valence-corrected chi connectivity index (χ2v) is 4.44. The lowest BCUT2D eigenvalue weighted by atomic mass is 9.97. The normalized spacial score (nSPS) is 13.3. The van der Waals surface area contributed by atoms with Crippen molar-refractivity contribution in [2.75, 3.05) is 0 Å². The van der Waals surface area contributed by atoms with Gasteiger partial charge in [0.1, 0.15) is 0 Å². The van der Waals surface area contributed by atoms with Crippen LogP contribution in [0.5, 0.6) is 0 Å². The van der Waals surface area contributed by atoms with Crippen LogP contribution in [0.1, 0.15) is 48.5 Å². The monoisotopic (exact) mass is 181 g/mol. The molecule has 0 aromatic carbocycles. The summed E-state index contributed by atoms with van der Waals surface area (Å²) in [6, 6.07) is 0. The topological polar surface area (TPSA) is 12.4 Å². The van der Waals surface area contributed by atoms with Gasteiger partial charge < -0.3 is 0 Å². The second-order valence-electron chi connectivity index (χ2n) is 4.44. The highest BCUT2D eigenvalue weighted by molar-refractivity contribution is 5.80. The zero-order valence-electron chi connectivity index (χ0n) is 10.1. The third-order valence-electron chi connectivity index (χ3n) is 2.16. The fourth-order valence-corrected chi connectivity index (χ4v) is 1.21. The van der Waals surface area contributed by atoms with Crippen molar-refractivity contribution in [3.8, 4) is 0 Å². The van der Waals surface area contributed by atoms with E-state index in [2.05, 4.69) is 53.5 Å². The van der Waals surface area contributed by atoms with Gasteiger partial charge in [-0.25, -0.2) is 0 Å². The van der Waals surface area contributed by atoms with Gasteiger partial charge in [0.25, 0.3) is 0 Å². The first-order chi connectivity index (χ1) is 5.86. The molecule has 0 aliphatic rings. The minimum Gasteiger partial charge on any atom is -0.263 e. The Morgan fingerprint density at radius 3 is 1.54 bits per heavy atom. The van der Waals surface area contributed by atoms with Crippen molar-refractivity contribution in [2.45, 2.75) is 48.5 Å². The number of nitrogens with zero attached hydrogens (tertiary/aromatic N) is 1. The van der Waals surface area contributed by atoms with E-state index in [1.165, 1.54) is 11.3 Å². The van der Waals surface area contributed by atoms with E-state index in [9.17, 15) is 0 Å². The number of hydrogen-bond donors (Lipinski definition) is 0. The average Bonchev–Trinajstić information content (AvgIpc) is 1.97. The summed E-state index contributed by atoms with van der Waals surface area (Å²) in [6.45, 7) is 15.1. The van der Waals surface area contributed by atoms with Gasteiger partial charge in [0.05, 0.1) is 0 Å². The Bertz CT molecular complexity index is 215. The van der Waals surface area contributed by atoms with Crippen LogP contribution in [0, 0.1) is 11.8 Å². The van der Waals surface area contributed by atoms with Gasteiger partial charge in [0.15, 0.2) is 0 Å². The first-order valence-electron chi connectivity index (χ1n) is 5.08. The second kappa shape index (κ2) is 5.21. The highest BCUT2D eigenvalue weighted by atomic mass is 14.8. The lowest BCUT2D eigenvalue weighted by Gasteiger charge is -2.14. The maximum Gasteiger partial charge on any atom is 0.0419 e. The van der Waals surface area contributed by atoms with Gasteiger partial charge in [0, 0.05) is 11.4 Å². The molecule has 0 aliphatic carbocycles. The highest BCUT2D eigenvalue weighted by Gasteiger charge is 2.08. The molecule has 13 heavy (non-hydrogen) atoms. The molecule has 1 nitrogen and oxygen atoms in total. The SMILES string of the molecule is CC(C)=N/C(=C(\C)C(C)C)C(C)C. The number of allylic oxidation sites excluding steroid dienone is 2. The third kappa shape index (κ3) is 4.25. The Kier molecular flexibility index (Phi) is 4.97. The molecule has 0 aliphatic heterocycles. The zero-order chi connectivity index (χ0) is 10.6. The molecule has 0 spiro atoms. The quantitative estimate of drug-likeness (QED) is 0.582. The molecule has 0 bridgehead atoms. The van der Waals surface area contributed by atoms with Gasteiger partial charge in [-0.05, 0) is 38.2 Å². The molecule has 0 radical (unpaired) electrons. The molecule has 76 valence electrons. The summed E-state index contributed by atoms with van der Waals surface area (Å²) in [7, 11) is 0. The van der Waals surface area contributed by atoms with E-state index in [1.54, 1.807) is 0 Å². The van der Waals surface area contributed by atoms with Gasteiger partial charge in [-0.2, -0.15) is 0 Å². The summed E-state index contributed by atoms with van der Waals surface area (Å²) in [5.41, 5.74) is 3.81. The molecule has 0 saturated carbocycles. The molecule has 1 heteroatoms. The highest BCUT2D eigenvalue weighted by Crippen LogP contribution is 2.22. The van der Waals surface area contributed by atoms with Crippen LogP contribution in [0.4, 0.5) is 0 Å². The zero-order valence-corrected chi connectivity index (χ0v) is 10.1. The van der Waals surface area contributed by atoms with Gasteiger partial charge in [-0.1, -0.05) is 27.7 Å². The summed E-state index contributed by atoms with van der Waals surface area (Å²) in [5.74, 6) is 1.12. The molecule has 0 rings (SSSR count). The van der Waals surface area contributed by atoms with Crippen molar-refractivity contribution in [1.29, 1.82) is 0 Å². The van der Waals surface area contributed by atoms with Crippen LogP contribution in [0.25, 0.3) is 0 Å². The van der Waals surface area contributed by atoms with E-state index in [-0.39, 0.29) is 0 Å². The summed E-state index contributed by atoms with van der Waals surface area (Å²) in [6.07, 6.45) is 0. The van der Waals surface area contributed by atoms with Gasteiger partial charge >= 0.3 is 0 Å². The molecule has 0 unspecified atom stereocenters. The Hall–Kier alpha value is -0.590. The fourth-order valence-electron chi connectivity index (χ4n) is 1.21. The summed E-state index contributed by atoms with van der Waals surface area (Å²) in [5, 5.41) is 0. The number of hydrogen-bond acceptors (Lipinski definition) is 1. The molecular formula is C12H23N. The van der Waals surface area contributed by atoms with Crippen LogP contribution < -0.4 is 0 Å². The lowest BCUT2D eigenvalue weighted by Crippen LogP contribution is -2.02. The minimum absolute atomic E-state index is 0.525. The predicted molar refractivity (Wildman–Crippen MR) is 61.2 cm³/mol. The molecule has 0 atom stereocenters. The third-order valence-corrected chi connectivity index (χ3v) is 2.16. The van der Waals surface area contributed by atoms with E-state index in [0.29, 0.717) is 11.8 Å². The van der Waals surface area contributed by atoms with E-state index in [0.717, 1.165) is 5.71 Å². The first-order valence-corrected chi connectivity index (χ1v) is 5.08. The van der Waals surface area contributed by atoms with Crippen molar-refractivity contribution < 1.29 is 0 Å². The largest absolute Gasteiger partial charge is 0.263 e. The summed E-state index contributed by atoms with van der Waals surface area (Å²) in [4.78, 5) is 4.59. The van der Waals surface area contributed by atoms with Gasteiger partial charge in [-0.3, -0.25) is 4.99 Å². The Morgan fingerprint density at radius 2 is 1.31 bits per heavy atom. The van der Waals surface area contributed by atoms with Crippen LogP contribution >= 0.6 is 0 Å². The fraction of sp³-hybridized carbons (Fsp3) is 0.750. The number of aliphatic imine (C=N–C) groups is 1. The van der Waals surface area contributed by atoms with Crippen molar-refractivity contribution >= 4 is 5.71 Å². The molecule has 0 aromatic rings. The molecule has 0 aromatic heterocycles. The smallest absolute Gasteiger partial charge is 0.0419 e. The van der Waals surface area contributed by atoms with Crippen LogP contribution in [0.15, 0.2) is 16.3 Å². The van der Waals surface area contributed by atoms with Crippen LogP contribution in [-0.2, 0) is 0 Å². The van der Waals surface area contributed by atoms with Gasteiger partial charge in [0.2, 0.25) is 0 Å². The molecular weight excluding hydrogens is 158 g/mol. The molecule has 0 N–H and O–H groups in total. The van der Waals surface area contributed by atoms with Crippen molar-refractivity contribution in [2.24, 2.45) is 16.8 Å². The van der Waals surface area contributed by atoms with Crippen molar-refractivity contribution in [3.63, 3.8) is 0 Å². The molecule has 0 amide bonds. The molecule has 0 heterocycles. The van der Waals surface area contributed by atoms with Crippen molar-refractivity contribution in [1.82, 2.24) is 0 Å². The van der Waals surface area contributed by atoms with E-state index in [1.807, 2.05) is 0 Å². The standard InChI is InChI=1S/C12H23N/c1-8(2)11(7)12(9(3)4)13-10(5)6/h8-9H,1-7H3/b12-11+. The Labute approximate surface area is 83.0 Å². The molecule has 0 fully saturated rings. The van der Waals surface area contributed by atoms with E-state index in [4.69, 9.17) is 0 Å². The van der Waals surface area contributed by atoms with Crippen LogP contribution in [0.2, 0.25) is 0 Å². The number of rotatable bonds is 3. The van der Waals surface area contributed by atoms with E-state index >= 15 is 0 Å². The van der Waals surface area contributed by atoms with Crippen molar-refractivity contribution in [3.05, 3.63) is 11.3 Å².